The summed E-state index contributed by atoms with van der Waals surface area (Å²) in [6.45, 7) is 1.05. The largest absolute Gasteiger partial charge is 0.494 e. The van der Waals surface area contributed by atoms with Crippen LogP contribution in [0.5, 0.6) is 5.75 Å². The van der Waals surface area contributed by atoms with Crippen molar-refractivity contribution in [2.24, 2.45) is 0 Å². The second-order valence-electron chi connectivity index (χ2n) is 6.17. The van der Waals surface area contributed by atoms with Gasteiger partial charge in [0, 0.05) is 31.3 Å². The van der Waals surface area contributed by atoms with Gasteiger partial charge in [-0.3, -0.25) is 9.59 Å². The predicted octanol–water partition coefficient (Wildman–Crippen LogP) is 1.80. The highest BCUT2D eigenvalue weighted by Crippen LogP contribution is 2.16. The Morgan fingerprint density at radius 1 is 0.929 bits per heavy atom. The molecule has 0 aliphatic heterocycles. The van der Waals surface area contributed by atoms with E-state index in [0.717, 1.165) is 6.26 Å². The fourth-order valence-electron chi connectivity index (χ4n) is 2.36. The monoisotopic (exact) mass is 404 g/mol. The predicted molar refractivity (Wildman–Crippen MR) is 106 cm³/mol. The van der Waals surface area contributed by atoms with Crippen LogP contribution in [0.4, 0.5) is 0 Å². The Balaban J connectivity index is 1.57. The van der Waals surface area contributed by atoms with E-state index >= 15 is 0 Å². The summed E-state index contributed by atoms with van der Waals surface area (Å²) in [6.07, 6.45) is 1.97. The fraction of sp³-hybridized carbons (Fsp3) is 0.300. The molecule has 0 aliphatic carbocycles. The summed E-state index contributed by atoms with van der Waals surface area (Å²) < 4.78 is 28.3. The van der Waals surface area contributed by atoms with Crippen LogP contribution in [0.3, 0.4) is 0 Å². The molecule has 0 bridgehead atoms. The van der Waals surface area contributed by atoms with Crippen molar-refractivity contribution < 1.29 is 22.7 Å². The molecule has 2 rings (SSSR count). The van der Waals surface area contributed by atoms with Gasteiger partial charge in [0.15, 0.2) is 9.84 Å². The molecule has 7 nitrogen and oxygen atoms in total. The quantitative estimate of drug-likeness (QED) is 0.588. The number of benzene rings is 2. The summed E-state index contributed by atoms with van der Waals surface area (Å²) in [5.74, 6) is 0.256. The van der Waals surface area contributed by atoms with Crippen LogP contribution in [0.15, 0.2) is 59.5 Å². The zero-order chi connectivity index (χ0) is 20.4. The summed E-state index contributed by atoms with van der Waals surface area (Å²) in [5, 5.41) is 5.47. The Labute approximate surface area is 165 Å². The van der Waals surface area contributed by atoms with Crippen molar-refractivity contribution in [3.63, 3.8) is 0 Å². The maximum absolute atomic E-state index is 11.8. The molecule has 0 radical (unpaired) electrons. The fourth-order valence-corrected chi connectivity index (χ4v) is 2.99. The maximum Gasteiger partial charge on any atom is 0.251 e. The molecule has 2 aromatic carbocycles. The summed E-state index contributed by atoms with van der Waals surface area (Å²) >= 11 is 0. The van der Waals surface area contributed by atoms with Crippen LogP contribution in [0, 0.1) is 0 Å². The van der Waals surface area contributed by atoms with Gasteiger partial charge in [0.25, 0.3) is 5.91 Å². The molecule has 0 saturated carbocycles. The first-order valence-corrected chi connectivity index (χ1v) is 10.8. The van der Waals surface area contributed by atoms with E-state index in [2.05, 4.69) is 10.6 Å². The molecule has 150 valence electrons. The number of hydrogen-bond donors (Lipinski definition) is 2. The number of amides is 2. The van der Waals surface area contributed by atoms with E-state index in [1.807, 2.05) is 6.07 Å². The van der Waals surface area contributed by atoms with Gasteiger partial charge in [0.1, 0.15) is 5.75 Å². The van der Waals surface area contributed by atoms with Gasteiger partial charge in [-0.15, -0.1) is 0 Å². The molecule has 0 unspecified atom stereocenters. The Morgan fingerprint density at radius 3 is 2.21 bits per heavy atom. The second-order valence-corrected chi connectivity index (χ2v) is 8.18. The lowest BCUT2D eigenvalue weighted by Gasteiger charge is -2.08. The first-order valence-electron chi connectivity index (χ1n) is 8.89. The van der Waals surface area contributed by atoms with Crippen LogP contribution in [0.2, 0.25) is 0 Å². The van der Waals surface area contributed by atoms with Crippen molar-refractivity contribution in [1.29, 1.82) is 0 Å². The minimum Gasteiger partial charge on any atom is -0.494 e. The van der Waals surface area contributed by atoms with Gasteiger partial charge in [-0.05, 0) is 42.8 Å². The first-order chi connectivity index (χ1) is 13.4. The van der Waals surface area contributed by atoms with Crippen molar-refractivity contribution in [2.45, 2.75) is 17.7 Å². The van der Waals surface area contributed by atoms with E-state index in [1.165, 1.54) is 12.1 Å². The summed E-state index contributed by atoms with van der Waals surface area (Å²) in [7, 11) is -3.22. The van der Waals surface area contributed by atoms with E-state index in [9.17, 15) is 18.0 Å². The van der Waals surface area contributed by atoms with Gasteiger partial charge in [-0.1, -0.05) is 18.2 Å². The molecular weight excluding hydrogens is 380 g/mol. The molecule has 0 aliphatic rings. The number of carbonyl (C=O) groups excluding carboxylic acids is 2. The second kappa shape index (κ2) is 10.5. The minimum absolute atomic E-state index is 0.120. The van der Waals surface area contributed by atoms with Crippen LogP contribution in [0.25, 0.3) is 0 Å². The first kappa shape index (κ1) is 21.4. The van der Waals surface area contributed by atoms with Crippen LogP contribution in [-0.2, 0) is 14.6 Å². The van der Waals surface area contributed by atoms with Crippen LogP contribution >= 0.6 is 0 Å². The molecule has 2 amide bonds. The van der Waals surface area contributed by atoms with E-state index in [0.29, 0.717) is 43.9 Å². The van der Waals surface area contributed by atoms with E-state index in [-0.39, 0.29) is 16.7 Å². The van der Waals surface area contributed by atoms with Gasteiger partial charge in [0.05, 0.1) is 11.5 Å². The van der Waals surface area contributed by atoms with E-state index in [1.54, 1.807) is 36.4 Å². The minimum atomic E-state index is -3.22. The highest BCUT2D eigenvalue weighted by atomic mass is 32.2. The average molecular weight is 404 g/mol. The lowest BCUT2D eigenvalue weighted by Crippen LogP contribution is -2.34. The van der Waals surface area contributed by atoms with Crippen LogP contribution in [-0.4, -0.2) is 46.2 Å². The topological polar surface area (TPSA) is 102 Å². The molecule has 0 fully saturated rings. The van der Waals surface area contributed by atoms with Crippen LogP contribution in [0.1, 0.15) is 23.2 Å². The van der Waals surface area contributed by atoms with Gasteiger partial charge in [0.2, 0.25) is 5.91 Å². The summed E-state index contributed by atoms with van der Waals surface area (Å²) in [5.41, 5.74) is 0.579. The number of rotatable bonds is 10. The molecule has 0 aromatic heterocycles. The molecular formula is C20H24N2O5S. The third-order valence-electron chi connectivity index (χ3n) is 3.84. The smallest absolute Gasteiger partial charge is 0.251 e. The Bertz CT molecular complexity index is 881. The molecule has 8 heteroatoms. The molecule has 2 N–H and O–H groups in total. The van der Waals surface area contributed by atoms with Crippen molar-refractivity contribution >= 4 is 21.7 Å². The number of carbonyl (C=O) groups is 2. The zero-order valence-corrected chi connectivity index (χ0v) is 16.5. The highest BCUT2D eigenvalue weighted by molar-refractivity contribution is 7.90. The van der Waals surface area contributed by atoms with Gasteiger partial charge in [-0.25, -0.2) is 8.42 Å². The third kappa shape index (κ3) is 7.40. The molecule has 2 aromatic rings. The molecule has 0 saturated heterocycles. The van der Waals surface area contributed by atoms with Crippen molar-refractivity contribution in [3.05, 3.63) is 60.2 Å². The number of ether oxygens (including phenoxy) is 1. The van der Waals surface area contributed by atoms with Gasteiger partial charge >= 0.3 is 0 Å². The molecule has 0 heterocycles. The Hall–Kier alpha value is -2.87. The van der Waals surface area contributed by atoms with Crippen molar-refractivity contribution in [3.8, 4) is 5.75 Å². The Morgan fingerprint density at radius 2 is 1.57 bits per heavy atom. The van der Waals surface area contributed by atoms with Crippen LogP contribution < -0.4 is 15.4 Å². The summed E-state index contributed by atoms with van der Waals surface area (Å²) in [4.78, 5) is 23.8. The highest BCUT2D eigenvalue weighted by Gasteiger charge is 2.07. The van der Waals surface area contributed by atoms with Crippen molar-refractivity contribution in [2.75, 3.05) is 26.0 Å². The molecule has 0 spiro atoms. The normalized spacial score (nSPS) is 10.9. The van der Waals surface area contributed by atoms with Gasteiger partial charge < -0.3 is 15.4 Å². The zero-order valence-electron chi connectivity index (χ0n) is 15.7. The average Bonchev–Trinajstić information content (AvgIpc) is 2.69. The standard InChI is InChI=1S/C20H24N2O5S/c1-28(25,26)18-11-9-17(10-12-18)27-15-5-8-19(23)21-13-14-22-20(24)16-6-3-2-4-7-16/h2-4,6-7,9-12H,5,8,13-15H2,1H3,(H,21,23)(H,22,24). The van der Waals surface area contributed by atoms with E-state index in [4.69, 9.17) is 4.74 Å². The third-order valence-corrected chi connectivity index (χ3v) is 4.97. The summed E-state index contributed by atoms with van der Waals surface area (Å²) in [6, 6.07) is 15.0. The SMILES string of the molecule is CS(=O)(=O)c1ccc(OCCCC(=O)NCCNC(=O)c2ccccc2)cc1. The lowest BCUT2D eigenvalue weighted by molar-refractivity contribution is -0.121. The maximum atomic E-state index is 11.8. The van der Waals surface area contributed by atoms with Gasteiger partial charge in [-0.2, -0.15) is 0 Å². The number of nitrogens with one attached hydrogen (secondary N) is 2. The van der Waals surface area contributed by atoms with E-state index < -0.39 is 9.84 Å². The number of sulfone groups is 1. The lowest BCUT2D eigenvalue weighted by atomic mass is 10.2. The molecule has 28 heavy (non-hydrogen) atoms. The van der Waals surface area contributed by atoms with Crippen molar-refractivity contribution in [1.82, 2.24) is 10.6 Å². The number of hydrogen-bond acceptors (Lipinski definition) is 5. The molecule has 0 atom stereocenters. The Kier molecular flexibility index (Phi) is 8.01.